The Morgan fingerprint density at radius 3 is 2.65 bits per heavy atom. The van der Waals surface area contributed by atoms with Crippen molar-refractivity contribution in [1.29, 1.82) is 0 Å². The van der Waals surface area contributed by atoms with E-state index >= 15 is 0 Å². The molecule has 1 aliphatic rings. The largest absolute Gasteiger partial charge is 0.465 e. The first-order chi connectivity index (χ1) is 8.18. The van der Waals surface area contributed by atoms with Gasteiger partial charge in [-0.25, -0.2) is 4.79 Å². The molecule has 1 aliphatic heterocycles. The summed E-state index contributed by atoms with van der Waals surface area (Å²) in [6, 6.07) is 5.45. The second-order valence-electron chi connectivity index (χ2n) is 4.31. The Balaban J connectivity index is 1.95. The van der Waals surface area contributed by atoms with Crippen molar-refractivity contribution in [3.8, 4) is 0 Å². The van der Waals surface area contributed by atoms with Crippen molar-refractivity contribution in [2.75, 3.05) is 13.1 Å². The second-order valence-corrected chi connectivity index (χ2v) is 4.31. The molecular weight excluding hydrogens is 220 g/mol. The Labute approximate surface area is 99.7 Å². The molecule has 17 heavy (non-hydrogen) atoms. The highest BCUT2D eigenvalue weighted by molar-refractivity contribution is 5.64. The highest BCUT2D eigenvalue weighted by Gasteiger charge is 2.28. The number of nitrogens with zero attached hydrogens (tertiary/aromatic N) is 2. The lowest BCUT2D eigenvalue weighted by Gasteiger charge is -2.32. The van der Waals surface area contributed by atoms with Crippen LogP contribution >= 0.6 is 0 Å². The first-order valence-corrected chi connectivity index (χ1v) is 5.75. The quantitative estimate of drug-likeness (QED) is 0.816. The summed E-state index contributed by atoms with van der Waals surface area (Å²) >= 11 is 0. The van der Waals surface area contributed by atoms with Crippen molar-refractivity contribution in [3.63, 3.8) is 0 Å². The summed E-state index contributed by atoms with van der Waals surface area (Å²) in [6.45, 7) is 0.980. The highest BCUT2D eigenvalue weighted by atomic mass is 16.4. The molecule has 0 radical (unpaired) electrons. The molecule has 0 bridgehead atoms. The van der Waals surface area contributed by atoms with E-state index in [-0.39, 0.29) is 5.92 Å². The third-order valence-electron chi connectivity index (χ3n) is 3.25. The molecule has 5 nitrogen and oxygen atoms in total. The van der Waals surface area contributed by atoms with Gasteiger partial charge in [0.25, 0.3) is 0 Å². The maximum Gasteiger partial charge on any atom is 0.407 e. The zero-order valence-corrected chi connectivity index (χ0v) is 9.49. The molecule has 2 heterocycles. The summed E-state index contributed by atoms with van der Waals surface area (Å²) < 4.78 is 0. The van der Waals surface area contributed by atoms with E-state index in [1.165, 1.54) is 4.90 Å². The number of likely N-dealkylation sites (tertiary alicyclic amines) is 1. The Morgan fingerprint density at radius 2 is 2.12 bits per heavy atom. The molecule has 0 saturated carbocycles. The monoisotopic (exact) mass is 236 g/mol. The van der Waals surface area contributed by atoms with Gasteiger partial charge in [-0.05, 0) is 30.9 Å². The molecule has 1 amide bonds. The van der Waals surface area contributed by atoms with E-state index in [1.54, 1.807) is 12.3 Å². The lowest BCUT2D eigenvalue weighted by molar-refractivity contribution is 0.0550. The van der Waals surface area contributed by atoms with Crippen LogP contribution in [-0.2, 0) is 0 Å². The van der Waals surface area contributed by atoms with E-state index in [2.05, 4.69) is 4.98 Å². The van der Waals surface area contributed by atoms with Crippen LogP contribution in [0.25, 0.3) is 0 Å². The number of hydrogen-bond acceptors (Lipinski definition) is 3. The number of rotatable bonds is 2. The Kier molecular flexibility index (Phi) is 3.58. The van der Waals surface area contributed by atoms with Gasteiger partial charge >= 0.3 is 6.09 Å². The molecule has 1 saturated heterocycles. The molecule has 1 aromatic rings. The number of carboxylic acid groups (broad SMARTS) is 1. The summed E-state index contributed by atoms with van der Waals surface area (Å²) in [5.41, 5.74) is 0.668. The van der Waals surface area contributed by atoms with Gasteiger partial charge in [0.1, 0.15) is 0 Å². The van der Waals surface area contributed by atoms with Crippen LogP contribution in [-0.4, -0.2) is 39.3 Å². The van der Waals surface area contributed by atoms with E-state index in [1.807, 2.05) is 12.1 Å². The van der Waals surface area contributed by atoms with Crippen molar-refractivity contribution in [3.05, 3.63) is 30.1 Å². The minimum absolute atomic E-state index is 0.0977. The van der Waals surface area contributed by atoms with Crippen molar-refractivity contribution >= 4 is 6.09 Å². The summed E-state index contributed by atoms with van der Waals surface area (Å²) in [4.78, 5) is 16.3. The van der Waals surface area contributed by atoms with Crippen LogP contribution in [0.5, 0.6) is 0 Å². The fourth-order valence-electron chi connectivity index (χ4n) is 2.20. The number of piperidine rings is 1. The fourth-order valence-corrected chi connectivity index (χ4v) is 2.20. The summed E-state index contributed by atoms with van der Waals surface area (Å²) in [7, 11) is 0. The molecule has 1 fully saturated rings. The number of aliphatic hydroxyl groups is 1. The number of hydrogen-bond donors (Lipinski definition) is 2. The lowest BCUT2D eigenvalue weighted by atomic mass is 9.89. The molecule has 92 valence electrons. The first kappa shape index (κ1) is 11.9. The minimum atomic E-state index is -0.879. The molecular formula is C12H16N2O3. The van der Waals surface area contributed by atoms with Crippen LogP contribution < -0.4 is 0 Å². The molecule has 1 aromatic heterocycles. The fraction of sp³-hybridized carbons (Fsp3) is 0.500. The smallest absolute Gasteiger partial charge is 0.407 e. The van der Waals surface area contributed by atoms with E-state index in [4.69, 9.17) is 5.11 Å². The number of aromatic nitrogens is 1. The summed E-state index contributed by atoms with van der Waals surface area (Å²) in [5, 5.41) is 19.0. The van der Waals surface area contributed by atoms with Gasteiger partial charge in [-0.1, -0.05) is 6.07 Å². The lowest BCUT2D eigenvalue weighted by Crippen LogP contribution is -2.38. The van der Waals surface area contributed by atoms with Crippen molar-refractivity contribution in [2.24, 2.45) is 5.92 Å². The van der Waals surface area contributed by atoms with Gasteiger partial charge in [0, 0.05) is 19.3 Å². The average Bonchev–Trinajstić information content (AvgIpc) is 2.39. The van der Waals surface area contributed by atoms with Crippen LogP contribution in [0.4, 0.5) is 4.79 Å². The number of amides is 1. The Bertz CT molecular complexity index is 375. The third kappa shape index (κ3) is 2.74. The predicted molar refractivity (Wildman–Crippen MR) is 61.5 cm³/mol. The number of pyridine rings is 1. The molecule has 5 heteroatoms. The van der Waals surface area contributed by atoms with E-state index in [0.717, 1.165) is 0 Å². The predicted octanol–water partition coefficient (Wildman–Crippen LogP) is 1.51. The molecule has 0 spiro atoms. The van der Waals surface area contributed by atoms with E-state index < -0.39 is 12.2 Å². The maximum absolute atomic E-state index is 10.8. The van der Waals surface area contributed by atoms with E-state index in [0.29, 0.717) is 31.6 Å². The maximum atomic E-state index is 10.8. The van der Waals surface area contributed by atoms with Gasteiger partial charge in [-0.15, -0.1) is 0 Å². The van der Waals surface area contributed by atoms with Gasteiger partial charge in [0.2, 0.25) is 0 Å². The van der Waals surface area contributed by atoms with Crippen LogP contribution in [0.1, 0.15) is 24.6 Å². The van der Waals surface area contributed by atoms with Crippen molar-refractivity contribution in [1.82, 2.24) is 9.88 Å². The molecule has 2 N–H and O–H groups in total. The molecule has 1 atom stereocenters. The molecule has 2 rings (SSSR count). The van der Waals surface area contributed by atoms with Gasteiger partial charge in [-0.3, -0.25) is 4.98 Å². The van der Waals surface area contributed by atoms with Gasteiger partial charge in [0.15, 0.2) is 0 Å². The molecule has 0 aromatic carbocycles. The first-order valence-electron chi connectivity index (χ1n) is 5.75. The minimum Gasteiger partial charge on any atom is -0.465 e. The van der Waals surface area contributed by atoms with Crippen LogP contribution in [0.2, 0.25) is 0 Å². The zero-order valence-electron chi connectivity index (χ0n) is 9.49. The summed E-state index contributed by atoms with van der Waals surface area (Å²) in [6.07, 6.45) is 1.56. The molecule has 1 unspecified atom stereocenters. The Morgan fingerprint density at radius 1 is 1.41 bits per heavy atom. The third-order valence-corrected chi connectivity index (χ3v) is 3.25. The van der Waals surface area contributed by atoms with Crippen molar-refractivity contribution < 1.29 is 15.0 Å². The molecule has 0 aliphatic carbocycles. The van der Waals surface area contributed by atoms with E-state index in [9.17, 15) is 9.90 Å². The van der Waals surface area contributed by atoms with Crippen molar-refractivity contribution in [2.45, 2.75) is 18.9 Å². The van der Waals surface area contributed by atoms with Crippen LogP contribution in [0, 0.1) is 5.92 Å². The number of carbonyl (C=O) groups is 1. The van der Waals surface area contributed by atoms with Crippen LogP contribution in [0.15, 0.2) is 24.4 Å². The van der Waals surface area contributed by atoms with Gasteiger partial charge in [0.05, 0.1) is 11.8 Å². The SMILES string of the molecule is O=C(O)N1CCC(C(O)c2ccccn2)CC1. The summed E-state index contributed by atoms with van der Waals surface area (Å²) in [5.74, 6) is 0.0977. The normalized spacial score (nSPS) is 19.0. The van der Waals surface area contributed by atoms with Gasteiger partial charge in [-0.2, -0.15) is 0 Å². The highest BCUT2D eigenvalue weighted by Crippen LogP contribution is 2.29. The standard InChI is InChI=1S/C12H16N2O3/c15-11(10-3-1-2-6-13-10)9-4-7-14(8-5-9)12(16)17/h1-3,6,9,11,15H,4-5,7-8H2,(H,16,17). The number of aliphatic hydroxyl groups excluding tert-OH is 1. The zero-order chi connectivity index (χ0) is 12.3. The van der Waals surface area contributed by atoms with Gasteiger partial charge < -0.3 is 15.1 Å². The average molecular weight is 236 g/mol. The van der Waals surface area contributed by atoms with Crippen LogP contribution in [0.3, 0.4) is 0 Å². The second kappa shape index (κ2) is 5.14. The Hall–Kier alpha value is -1.62. The topological polar surface area (TPSA) is 73.7 Å².